The number of carbonyl (C=O) groups is 5. The van der Waals surface area contributed by atoms with E-state index < -0.39 is 42.0 Å². The maximum atomic E-state index is 12.5. The van der Waals surface area contributed by atoms with Gasteiger partial charge in [0.1, 0.15) is 6.04 Å². The van der Waals surface area contributed by atoms with E-state index in [1.165, 1.54) is 6.92 Å². The Bertz CT molecular complexity index is 1310. The number of ketones is 1. The van der Waals surface area contributed by atoms with Crippen LogP contribution in [-0.4, -0.2) is 48.5 Å². The van der Waals surface area contributed by atoms with Crippen LogP contribution in [0.1, 0.15) is 22.8 Å². The minimum absolute atomic E-state index is 0.144. The van der Waals surface area contributed by atoms with Gasteiger partial charge in [-0.3, -0.25) is 29.1 Å². The summed E-state index contributed by atoms with van der Waals surface area (Å²) in [5.74, 6) is -3.33. The minimum Gasteiger partial charge on any atom is -0.347 e. The minimum atomic E-state index is -0.989. The van der Waals surface area contributed by atoms with Gasteiger partial charge in [0, 0.05) is 17.0 Å². The van der Waals surface area contributed by atoms with Crippen molar-refractivity contribution in [3.8, 4) is 0 Å². The van der Waals surface area contributed by atoms with Gasteiger partial charge in [-0.15, -0.1) is 0 Å². The fourth-order valence-electron chi connectivity index (χ4n) is 3.40. The van der Waals surface area contributed by atoms with E-state index in [0.29, 0.717) is 5.56 Å². The molecular formula is C26H27N5O5S. The third kappa shape index (κ3) is 7.89. The lowest BCUT2D eigenvalue weighted by molar-refractivity contribution is -0.138. The Morgan fingerprint density at radius 2 is 1.54 bits per heavy atom. The van der Waals surface area contributed by atoms with Crippen molar-refractivity contribution in [2.75, 3.05) is 13.1 Å². The molecule has 0 aliphatic carbocycles. The fraction of sp³-hybridized carbons (Fsp3) is 0.192. The van der Waals surface area contributed by atoms with E-state index in [9.17, 15) is 24.0 Å². The lowest BCUT2D eigenvalue weighted by Gasteiger charge is -2.14. The van der Waals surface area contributed by atoms with Crippen LogP contribution in [0.4, 0.5) is 0 Å². The summed E-state index contributed by atoms with van der Waals surface area (Å²) in [6, 6.07) is 18.8. The Hall–Kier alpha value is -4.22. The number of nitrogens with two attached hydrogens (primary N) is 1. The first-order valence-electron chi connectivity index (χ1n) is 11.4. The zero-order valence-electron chi connectivity index (χ0n) is 20.1. The first-order chi connectivity index (χ1) is 17.8. The van der Waals surface area contributed by atoms with E-state index in [1.54, 1.807) is 36.4 Å². The lowest BCUT2D eigenvalue weighted by atomic mass is 10.0. The summed E-state index contributed by atoms with van der Waals surface area (Å²) in [6.45, 7) is 0.704. The van der Waals surface area contributed by atoms with E-state index in [4.69, 9.17) is 5.14 Å². The van der Waals surface area contributed by atoms with Crippen LogP contribution in [0.2, 0.25) is 0 Å². The highest BCUT2D eigenvalue weighted by atomic mass is 32.2. The van der Waals surface area contributed by atoms with Gasteiger partial charge in [-0.1, -0.05) is 48.5 Å². The van der Waals surface area contributed by atoms with Crippen molar-refractivity contribution in [2.45, 2.75) is 24.4 Å². The molecule has 0 fully saturated rings. The zero-order chi connectivity index (χ0) is 26.8. The molecule has 192 valence electrons. The zero-order valence-corrected chi connectivity index (χ0v) is 20.9. The molecule has 0 unspecified atom stereocenters. The van der Waals surface area contributed by atoms with Crippen LogP contribution in [0.25, 0.3) is 10.8 Å². The third-order valence-corrected chi connectivity index (χ3v) is 5.95. The average Bonchev–Trinajstić information content (AvgIpc) is 2.92. The molecule has 37 heavy (non-hydrogen) atoms. The van der Waals surface area contributed by atoms with Gasteiger partial charge in [0.15, 0.2) is 0 Å². The first-order valence-corrected chi connectivity index (χ1v) is 12.3. The molecule has 3 aromatic carbocycles. The maximum absolute atomic E-state index is 12.5. The summed E-state index contributed by atoms with van der Waals surface area (Å²) < 4.78 is 0. The SMILES string of the molecule is C[C@H](NC(=O)CNC(=O)c1cccc2ccccc12)C(=O)NCC(=O)C(=O)NCc1ccc(SN)cc1. The first kappa shape index (κ1) is 27.4. The molecule has 1 atom stereocenters. The predicted octanol–water partition coefficient (Wildman–Crippen LogP) is 1.04. The molecule has 0 spiro atoms. The van der Waals surface area contributed by atoms with Gasteiger partial charge in [-0.2, -0.15) is 0 Å². The molecule has 0 aromatic heterocycles. The van der Waals surface area contributed by atoms with E-state index >= 15 is 0 Å². The lowest BCUT2D eigenvalue weighted by Crippen LogP contribution is -2.49. The molecule has 0 radical (unpaired) electrons. The van der Waals surface area contributed by atoms with Crippen molar-refractivity contribution in [2.24, 2.45) is 5.14 Å². The molecule has 0 saturated heterocycles. The molecule has 3 aromatic rings. The second-order valence-electron chi connectivity index (χ2n) is 8.08. The normalized spacial score (nSPS) is 11.3. The second-order valence-corrected chi connectivity index (χ2v) is 8.79. The molecule has 0 aliphatic heterocycles. The van der Waals surface area contributed by atoms with Crippen LogP contribution in [0.3, 0.4) is 0 Å². The average molecular weight is 522 g/mol. The standard InChI is InChI=1S/C26H27N5O5S/c1-16(24(34)29-14-22(32)26(36)28-13-17-9-11-19(37-27)12-10-17)31-23(33)15-30-25(35)21-8-4-6-18-5-2-3-7-20(18)21/h2-12,16H,13-15,27H2,1H3,(H,28,36)(H,29,34)(H,30,35)(H,31,33)/t16-/m0/s1. The summed E-state index contributed by atoms with van der Waals surface area (Å²) in [4.78, 5) is 61.9. The quantitative estimate of drug-likeness (QED) is 0.186. The van der Waals surface area contributed by atoms with Gasteiger partial charge < -0.3 is 21.3 Å². The molecular weight excluding hydrogens is 494 g/mol. The van der Waals surface area contributed by atoms with Crippen molar-refractivity contribution in [3.63, 3.8) is 0 Å². The highest BCUT2D eigenvalue weighted by Crippen LogP contribution is 2.18. The highest BCUT2D eigenvalue weighted by Gasteiger charge is 2.19. The summed E-state index contributed by atoms with van der Waals surface area (Å²) in [5, 5.41) is 16.9. The van der Waals surface area contributed by atoms with E-state index in [1.807, 2.05) is 30.3 Å². The Balaban J connectivity index is 1.39. The number of carbonyl (C=O) groups excluding carboxylic acids is 5. The smallest absolute Gasteiger partial charge is 0.289 e. The molecule has 11 heteroatoms. The van der Waals surface area contributed by atoms with Gasteiger partial charge in [0.25, 0.3) is 11.8 Å². The van der Waals surface area contributed by atoms with Crippen molar-refractivity contribution < 1.29 is 24.0 Å². The summed E-state index contributed by atoms with van der Waals surface area (Å²) in [5.41, 5.74) is 1.21. The predicted molar refractivity (Wildman–Crippen MR) is 140 cm³/mol. The number of benzene rings is 3. The summed E-state index contributed by atoms with van der Waals surface area (Å²) in [6.07, 6.45) is 0. The third-order valence-electron chi connectivity index (χ3n) is 5.40. The van der Waals surface area contributed by atoms with E-state index in [0.717, 1.165) is 33.2 Å². The number of amides is 4. The second kappa shape index (κ2) is 13.2. The van der Waals surface area contributed by atoms with Crippen molar-refractivity contribution in [3.05, 3.63) is 77.9 Å². The van der Waals surface area contributed by atoms with Crippen LogP contribution in [0.15, 0.2) is 71.6 Å². The van der Waals surface area contributed by atoms with Crippen molar-refractivity contribution >= 4 is 52.1 Å². The molecule has 0 aliphatic rings. The van der Waals surface area contributed by atoms with Crippen molar-refractivity contribution in [1.29, 1.82) is 0 Å². The topological polar surface area (TPSA) is 159 Å². The Kier molecular flexibility index (Phi) is 9.76. The van der Waals surface area contributed by atoms with Crippen molar-refractivity contribution in [1.82, 2.24) is 21.3 Å². The van der Waals surface area contributed by atoms with Crippen LogP contribution in [0.5, 0.6) is 0 Å². The van der Waals surface area contributed by atoms with Gasteiger partial charge >= 0.3 is 0 Å². The number of rotatable bonds is 11. The number of fused-ring (bicyclic) bond motifs is 1. The molecule has 0 heterocycles. The number of hydrogen-bond donors (Lipinski definition) is 5. The number of nitrogens with one attached hydrogen (secondary N) is 4. The molecule has 6 N–H and O–H groups in total. The fourth-order valence-corrected chi connectivity index (χ4v) is 3.70. The van der Waals surface area contributed by atoms with Gasteiger partial charge in [-0.25, -0.2) is 0 Å². The number of Topliss-reactive ketones (excluding diaryl/α,β-unsaturated/α-hetero) is 1. The monoisotopic (exact) mass is 521 g/mol. The van der Waals surface area contributed by atoms with Gasteiger partial charge in [0.05, 0.1) is 13.1 Å². The van der Waals surface area contributed by atoms with E-state index in [2.05, 4.69) is 21.3 Å². The summed E-state index contributed by atoms with van der Waals surface area (Å²) in [7, 11) is 0. The Morgan fingerprint density at radius 1 is 0.838 bits per heavy atom. The van der Waals surface area contributed by atoms with Crippen LogP contribution in [-0.2, 0) is 25.7 Å². The largest absolute Gasteiger partial charge is 0.347 e. The van der Waals surface area contributed by atoms with E-state index in [-0.39, 0.29) is 13.1 Å². The van der Waals surface area contributed by atoms with Gasteiger partial charge in [-0.05, 0) is 53.4 Å². The van der Waals surface area contributed by atoms with Crippen LogP contribution >= 0.6 is 11.9 Å². The highest BCUT2D eigenvalue weighted by molar-refractivity contribution is 7.97. The summed E-state index contributed by atoms with van der Waals surface area (Å²) >= 11 is 1.10. The molecule has 4 amide bonds. The molecule has 10 nitrogen and oxygen atoms in total. The Morgan fingerprint density at radius 3 is 2.27 bits per heavy atom. The van der Waals surface area contributed by atoms with Gasteiger partial charge in [0.2, 0.25) is 17.6 Å². The van der Waals surface area contributed by atoms with Crippen LogP contribution < -0.4 is 26.4 Å². The molecule has 3 rings (SSSR count). The Labute approximate surface area is 217 Å². The van der Waals surface area contributed by atoms with Crippen LogP contribution in [0, 0.1) is 0 Å². The maximum Gasteiger partial charge on any atom is 0.289 e. The molecule has 0 saturated carbocycles. The molecule has 0 bridgehead atoms. The number of hydrogen-bond acceptors (Lipinski definition) is 7.